The lowest BCUT2D eigenvalue weighted by atomic mass is 10.1. The Morgan fingerprint density at radius 3 is 2.10 bits per heavy atom. The molecule has 0 radical (unpaired) electrons. The Kier molecular flexibility index (Phi) is 6.92. The van der Waals surface area contributed by atoms with Gasteiger partial charge in [0.1, 0.15) is 18.1 Å². The topological polar surface area (TPSA) is 60.5 Å². The SMILES string of the molecule is O=C(COc1ccc(OCc2ccccc2)cc1)Nc1ncc(Cc2ccccc2)s1. The number of benzene rings is 3. The normalized spacial score (nSPS) is 10.5. The van der Waals surface area contributed by atoms with Crippen LogP contribution < -0.4 is 14.8 Å². The molecule has 6 heteroatoms. The highest BCUT2D eigenvalue weighted by Gasteiger charge is 2.08. The zero-order valence-electron chi connectivity index (χ0n) is 16.9. The summed E-state index contributed by atoms with van der Waals surface area (Å²) in [7, 11) is 0. The maximum atomic E-state index is 12.2. The zero-order valence-corrected chi connectivity index (χ0v) is 17.7. The van der Waals surface area contributed by atoms with E-state index < -0.39 is 0 Å². The summed E-state index contributed by atoms with van der Waals surface area (Å²) in [6, 6.07) is 27.4. The van der Waals surface area contributed by atoms with Crippen molar-refractivity contribution < 1.29 is 14.3 Å². The van der Waals surface area contributed by atoms with Crippen molar-refractivity contribution in [2.24, 2.45) is 0 Å². The molecular formula is C25H22N2O3S. The van der Waals surface area contributed by atoms with E-state index in [0.29, 0.717) is 17.5 Å². The number of hydrogen-bond donors (Lipinski definition) is 1. The molecule has 0 fully saturated rings. The third-order valence-electron chi connectivity index (χ3n) is 4.46. The first-order valence-electron chi connectivity index (χ1n) is 9.93. The van der Waals surface area contributed by atoms with E-state index in [-0.39, 0.29) is 12.5 Å². The summed E-state index contributed by atoms with van der Waals surface area (Å²) in [6.07, 6.45) is 2.59. The molecule has 0 aliphatic carbocycles. The van der Waals surface area contributed by atoms with E-state index >= 15 is 0 Å². The minimum Gasteiger partial charge on any atom is -0.489 e. The van der Waals surface area contributed by atoms with Gasteiger partial charge in [0, 0.05) is 17.5 Å². The summed E-state index contributed by atoms with van der Waals surface area (Å²) in [5.41, 5.74) is 2.32. The van der Waals surface area contributed by atoms with Crippen LogP contribution in [0.2, 0.25) is 0 Å². The van der Waals surface area contributed by atoms with Gasteiger partial charge in [-0.1, -0.05) is 60.7 Å². The smallest absolute Gasteiger partial charge is 0.264 e. The maximum absolute atomic E-state index is 12.2. The molecule has 0 aliphatic rings. The lowest BCUT2D eigenvalue weighted by molar-refractivity contribution is -0.118. The second kappa shape index (κ2) is 10.4. The Labute approximate surface area is 185 Å². The van der Waals surface area contributed by atoms with Crippen molar-refractivity contribution in [2.75, 3.05) is 11.9 Å². The fourth-order valence-electron chi connectivity index (χ4n) is 2.92. The second-order valence-electron chi connectivity index (χ2n) is 6.88. The highest BCUT2D eigenvalue weighted by atomic mass is 32.1. The van der Waals surface area contributed by atoms with E-state index in [2.05, 4.69) is 22.4 Å². The van der Waals surface area contributed by atoms with Crippen LogP contribution in [0.25, 0.3) is 0 Å². The predicted octanol–water partition coefficient (Wildman–Crippen LogP) is 5.33. The van der Waals surface area contributed by atoms with Crippen LogP contribution in [0.15, 0.2) is 91.1 Å². The van der Waals surface area contributed by atoms with Crippen LogP contribution in [0.1, 0.15) is 16.0 Å². The first-order chi connectivity index (χ1) is 15.2. The Morgan fingerprint density at radius 2 is 1.42 bits per heavy atom. The Bertz CT molecular complexity index is 1100. The molecule has 1 aromatic heterocycles. The van der Waals surface area contributed by atoms with Crippen molar-refractivity contribution >= 4 is 22.4 Å². The van der Waals surface area contributed by atoms with Crippen molar-refractivity contribution in [2.45, 2.75) is 13.0 Å². The van der Waals surface area contributed by atoms with Crippen molar-refractivity contribution in [3.63, 3.8) is 0 Å². The van der Waals surface area contributed by atoms with Crippen LogP contribution in [0.3, 0.4) is 0 Å². The number of aromatic nitrogens is 1. The number of nitrogens with zero attached hydrogens (tertiary/aromatic N) is 1. The third kappa shape index (κ3) is 6.42. The van der Waals surface area contributed by atoms with E-state index in [1.165, 1.54) is 16.9 Å². The molecule has 31 heavy (non-hydrogen) atoms. The molecule has 3 aromatic carbocycles. The molecule has 4 rings (SSSR count). The summed E-state index contributed by atoms with van der Waals surface area (Å²) >= 11 is 1.47. The highest BCUT2D eigenvalue weighted by molar-refractivity contribution is 7.15. The zero-order chi connectivity index (χ0) is 21.3. The van der Waals surface area contributed by atoms with Gasteiger partial charge >= 0.3 is 0 Å². The Balaban J connectivity index is 1.21. The number of hydrogen-bond acceptors (Lipinski definition) is 5. The van der Waals surface area contributed by atoms with E-state index in [1.54, 1.807) is 18.3 Å². The van der Waals surface area contributed by atoms with Crippen LogP contribution in [0.5, 0.6) is 11.5 Å². The molecule has 156 valence electrons. The summed E-state index contributed by atoms with van der Waals surface area (Å²) < 4.78 is 11.3. The summed E-state index contributed by atoms with van der Waals surface area (Å²) in [4.78, 5) is 17.6. The minimum atomic E-state index is -0.245. The lowest BCUT2D eigenvalue weighted by Gasteiger charge is -2.08. The number of ether oxygens (including phenoxy) is 2. The van der Waals surface area contributed by atoms with Gasteiger partial charge in [0.25, 0.3) is 5.91 Å². The first-order valence-corrected chi connectivity index (χ1v) is 10.7. The molecule has 0 aliphatic heterocycles. The number of thiazole rings is 1. The van der Waals surface area contributed by atoms with Gasteiger partial charge in [0.15, 0.2) is 11.7 Å². The van der Waals surface area contributed by atoms with Gasteiger partial charge in [0.2, 0.25) is 0 Å². The van der Waals surface area contributed by atoms with E-state index in [4.69, 9.17) is 9.47 Å². The average Bonchev–Trinajstić information content (AvgIpc) is 3.25. The van der Waals surface area contributed by atoms with E-state index in [0.717, 1.165) is 22.6 Å². The number of nitrogens with one attached hydrogen (secondary N) is 1. The van der Waals surface area contributed by atoms with Crippen LogP contribution >= 0.6 is 11.3 Å². The number of rotatable bonds is 9. The van der Waals surface area contributed by atoms with Crippen molar-refractivity contribution in [1.29, 1.82) is 0 Å². The van der Waals surface area contributed by atoms with Crippen LogP contribution in [-0.2, 0) is 17.8 Å². The van der Waals surface area contributed by atoms with Crippen LogP contribution in [0, 0.1) is 0 Å². The molecule has 0 saturated heterocycles. The summed E-state index contributed by atoms with van der Waals surface area (Å²) in [5, 5.41) is 3.36. The third-order valence-corrected chi connectivity index (χ3v) is 5.38. The van der Waals surface area contributed by atoms with Gasteiger partial charge in [-0.15, -0.1) is 11.3 Å². The van der Waals surface area contributed by atoms with Gasteiger partial charge in [-0.05, 0) is 35.4 Å². The molecule has 0 unspecified atom stereocenters. The second-order valence-corrected chi connectivity index (χ2v) is 7.99. The summed E-state index contributed by atoms with van der Waals surface area (Å²) in [6.45, 7) is 0.418. The van der Waals surface area contributed by atoms with E-state index in [9.17, 15) is 4.79 Å². The molecular weight excluding hydrogens is 408 g/mol. The van der Waals surface area contributed by atoms with Gasteiger partial charge in [0.05, 0.1) is 0 Å². The average molecular weight is 431 g/mol. The first kappa shape index (κ1) is 20.6. The van der Waals surface area contributed by atoms with Crippen LogP contribution in [-0.4, -0.2) is 17.5 Å². The molecule has 4 aromatic rings. The number of carbonyl (C=O) groups is 1. The van der Waals surface area contributed by atoms with Crippen LogP contribution in [0.4, 0.5) is 5.13 Å². The Hall–Kier alpha value is -3.64. The van der Waals surface area contributed by atoms with Crippen molar-refractivity contribution in [3.8, 4) is 11.5 Å². The molecule has 0 atom stereocenters. The molecule has 0 saturated carbocycles. The molecule has 1 amide bonds. The minimum absolute atomic E-state index is 0.0855. The number of amides is 1. The number of anilines is 1. The Morgan fingerprint density at radius 1 is 0.806 bits per heavy atom. The van der Waals surface area contributed by atoms with Crippen molar-refractivity contribution in [3.05, 3.63) is 107 Å². The summed E-state index contributed by atoms with van der Waals surface area (Å²) in [5.74, 6) is 1.10. The molecule has 0 spiro atoms. The van der Waals surface area contributed by atoms with Gasteiger partial charge in [-0.3, -0.25) is 10.1 Å². The highest BCUT2D eigenvalue weighted by Crippen LogP contribution is 2.22. The fourth-order valence-corrected chi connectivity index (χ4v) is 3.78. The molecule has 5 nitrogen and oxygen atoms in total. The number of carbonyl (C=O) groups excluding carboxylic acids is 1. The largest absolute Gasteiger partial charge is 0.489 e. The van der Waals surface area contributed by atoms with Gasteiger partial charge in [-0.25, -0.2) is 4.98 Å². The van der Waals surface area contributed by atoms with Gasteiger partial charge < -0.3 is 9.47 Å². The predicted molar refractivity (Wildman–Crippen MR) is 123 cm³/mol. The monoisotopic (exact) mass is 430 g/mol. The van der Waals surface area contributed by atoms with E-state index in [1.807, 2.05) is 60.7 Å². The molecule has 1 heterocycles. The standard InChI is InChI=1S/C25H22N2O3S/c28-24(27-25-26-16-23(31-25)15-19-7-3-1-4-8-19)18-30-22-13-11-21(12-14-22)29-17-20-9-5-2-6-10-20/h1-14,16H,15,17-18H2,(H,26,27,28). The lowest BCUT2D eigenvalue weighted by Crippen LogP contribution is -2.19. The van der Waals surface area contributed by atoms with Crippen molar-refractivity contribution in [1.82, 2.24) is 4.98 Å². The quantitative estimate of drug-likeness (QED) is 0.390. The molecule has 1 N–H and O–H groups in total. The fraction of sp³-hybridized carbons (Fsp3) is 0.120. The molecule has 0 bridgehead atoms. The maximum Gasteiger partial charge on any atom is 0.264 e. The van der Waals surface area contributed by atoms with Gasteiger partial charge in [-0.2, -0.15) is 0 Å².